The van der Waals surface area contributed by atoms with Crippen LogP contribution in [0.3, 0.4) is 0 Å². The van der Waals surface area contributed by atoms with Crippen LogP contribution in [0.15, 0.2) is 48.5 Å². The largest absolute Gasteiger partial charge is 0.492 e. The third-order valence-electron chi connectivity index (χ3n) is 4.51. The van der Waals surface area contributed by atoms with Gasteiger partial charge in [0.15, 0.2) is 0 Å². The van der Waals surface area contributed by atoms with Crippen LogP contribution in [0.4, 0.5) is 0 Å². The molecule has 0 saturated carbocycles. The molecule has 4 rings (SSSR count). The van der Waals surface area contributed by atoms with Crippen LogP contribution >= 0.6 is 0 Å². The Morgan fingerprint density at radius 1 is 1.17 bits per heavy atom. The van der Waals surface area contributed by atoms with E-state index in [-0.39, 0.29) is 6.10 Å². The molecule has 0 radical (unpaired) electrons. The van der Waals surface area contributed by atoms with Crippen LogP contribution in [-0.4, -0.2) is 22.8 Å². The predicted molar refractivity (Wildman–Crippen MR) is 94.3 cm³/mol. The zero-order valence-corrected chi connectivity index (χ0v) is 13.9. The topological polar surface area (TPSA) is 36.3 Å². The van der Waals surface area contributed by atoms with Crippen molar-refractivity contribution in [3.8, 4) is 5.75 Å². The van der Waals surface area contributed by atoms with E-state index in [9.17, 15) is 0 Å². The summed E-state index contributed by atoms with van der Waals surface area (Å²) in [7, 11) is 0. The molecule has 0 N–H and O–H groups in total. The number of nitrogens with zero attached hydrogens (tertiary/aromatic N) is 2. The van der Waals surface area contributed by atoms with Crippen molar-refractivity contribution in [2.75, 3.05) is 13.2 Å². The molecular weight excluding hydrogens is 300 g/mol. The highest BCUT2D eigenvalue weighted by Gasteiger charge is 2.24. The molecule has 1 fully saturated rings. The molecule has 2 aromatic carbocycles. The number of rotatable bonds is 5. The van der Waals surface area contributed by atoms with Gasteiger partial charge in [0, 0.05) is 6.61 Å². The second kappa shape index (κ2) is 6.65. The quantitative estimate of drug-likeness (QED) is 0.703. The number of hydrogen-bond donors (Lipinski definition) is 0. The molecule has 4 heteroatoms. The SMILES string of the molecule is Cc1ccc(OCCn2c(C3CCCO3)nc3ccccc32)cc1. The summed E-state index contributed by atoms with van der Waals surface area (Å²) >= 11 is 0. The molecular formula is C20H22N2O2. The van der Waals surface area contributed by atoms with E-state index in [0.29, 0.717) is 6.61 Å². The van der Waals surface area contributed by atoms with Gasteiger partial charge in [-0.25, -0.2) is 4.98 Å². The number of ether oxygens (including phenoxy) is 2. The molecule has 1 atom stereocenters. The van der Waals surface area contributed by atoms with Crippen molar-refractivity contribution in [2.24, 2.45) is 0 Å². The van der Waals surface area contributed by atoms with E-state index in [1.54, 1.807) is 0 Å². The Balaban J connectivity index is 1.55. The fraction of sp³-hybridized carbons (Fsp3) is 0.350. The Hall–Kier alpha value is -2.33. The van der Waals surface area contributed by atoms with Gasteiger partial charge in [0.2, 0.25) is 0 Å². The van der Waals surface area contributed by atoms with Crippen molar-refractivity contribution < 1.29 is 9.47 Å². The highest BCUT2D eigenvalue weighted by Crippen LogP contribution is 2.30. The van der Waals surface area contributed by atoms with E-state index >= 15 is 0 Å². The summed E-state index contributed by atoms with van der Waals surface area (Å²) in [6.45, 7) is 4.29. The lowest BCUT2D eigenvalue weighted by atomic mass is 10.2. The van der Waals surface area contributed by atoms with Gasteiger partial charge in [-0.1, -0.05) is 29.8 Å². The lowest BCUT2D eigenvalue weighted by molar-refractivity contribution is 0.101. The van der Waals surface area contributed by atoms with Gasteiger partial charge in [-0.2, -0.15) is 0 Å². The van der Waals surface area contributed by atoms with Crippen molar-refractivity contribution in [1.29, 1.82) is 0 Å². The van der Waals surface area contributed by atoms with Crippen LogP contribution in [0.2, 0.25) is 0 Å². The average molecular weight is 322 g/mol. The van der Waals surface area contributed by atoms with E-state index in [2.05, 4.69) is 41.8 Å². The number of benzene rings is 2. The molecule has 1 unspecified atom stereocenters. The van der Waals surface area contributed by atoms with E-state index in [0.717, 1.165) is 48.6 Å². The van der Waals surface area contributed by atoms with Crippen molar-refractivity contribution in [3.05, 3.63) is 59.9 Å². The van der Waals surface area contributed by atoms with Gasteiger partial charge in [0.25, 0.3) is 0 Å². The van der Waals surface area contributed by atoms with Crippen LogP contribution in [0.5, 0.6) is 5.75 Å². The molecule has 0 amide bonds. The lowest BCUT2D eigenvalue weighted by Gasteiger charge is -2.14. The zero-order valence-electron chi connectivity index (χ0n) is 13.9. The lowest BCUT2D eigenvalue weighted by Crippen LogP contribution is -2.13. The highest BCUT2D eigenvalue weighted by molar-refractivity contribution is 5.76. The molecule has 0 aliphatic carbocycles. The predicted octanol–water partition coefficient (Wildman–Crippen LogP) is 4.28. The number of hydrogen-bond acceptors (Lipinski definition) is 3. The first-order chi connectivity index (χ1) is 11.8. The Morgan fingerprint density at radius 2 is 2.00 bits per heavy atom. The second-order valence-electron chi connectivity index (χ2n) is 6.27. The standard InChI is InChI=1S/C20H22N2O2/c1-15-8-10-16(11-9-15)23-14-12-22-18-6-3-2-5-17(18)21-20(22)19-7-4-13-24-19/h2-3,5-6,8-11,19H,4,7,12-14H2,1H3. The van der Waals surface area contributed by atoms with E-state index in [1.807, 2.05) is 18.2 Å². The van der Waals surface area contributed by atoms with Gasteiger partial charge < -0.3 is 14.0 Å². The Morgan fingerprint density at radius 3 is 2.79 bits per heavy atom. The van der Waals surface area contributed by atoms with Crippen molar-refractivity contribution in [1.82, 2.24) is 9.55 Å². The fourth-order valence-corrected chi connectivity index (χ4v) is 3.25. The van der Waals surface area contributed by atoms with Gasteiger partial charge in [-0.15, -0.1) is 0 Å². The minimum Gasteiger partial charge on any atom is -0.492 e. The maximum atomic E-state index is 5.91. The molecule has 124 valence electrons. The maximum absolute atomic E-state index is 5.91. The molecule has 4 nitrogen and oxygen atoms in total. The molecule has 2 heterocycles. The molecule has 24 heavy (non-hydrogen) atoms. The summed E-state index contributed by atoms with van der Waals surface area (Å²) in [5, 5.41) is 0. The summed E-state index contributed by atoms with van der Waals surface area (Å²) in [6, 6.07) is 16.4. The van der Waals surface area contributed by atoms with Crippen LogP contribution in [0.1, 0.15) is 30.3 Å². The fourth-order valence-electron chi connectivity index (χ4n) is 3.25. The van der Waals surface area contributed by atoms with Crippen molar-refractivity contribution in [3.63, 3.8) is 0 Å². The van der Waals surface area contributed by atoms with Crippen LogP contribution in [0, 0.1) is 6.92 Å². The maximum Gasteiger partial charge on any atom is 0.139 e. The first-order valence-electron chi connectivity index (χ1n) is 8.57. The van der Waals surface area contributed by atoms with Gasteiger partial charge in [0.1, 0.15) is 24.3 Å². The van der Waals surface area contributed by atoms with Crippen LogP contribution < -0.4 is 4.74 Å². The van der Waals surface area contributed by atoms with Crippen LogP contribution in [-0.2, 0) is 11.3 Å². The monoisotopic (exact) mass is 322 g/mol. The summed E-state index contributed by atoms with van der Waals surface area (Å²) in [5.74, 6) is 1.94. The van der Waals surface area contributed by atoms with Crippen LogP contribution in [0.25, 0.3) is 11.0 Å². The molecule has 1 aromatic heterocycles. The number of fused-ring (bicyclic) bond motifs is 1. The molecule has 1 aliphatic heterocycles. The average Bonchev–Trinajstić information content (AvgIpc) is 3.24. The van der Waals surface area contributed by atoms with Crippen molar-refractivity contribution >= 4 is 11.0 Å². The second-order valence-corrected chi connectivity index (χ2v) is 6.27. The van der Waals surface area contributed by atoms with Gasteiger partial charge in [-0.05, 0) is 44.0 Å². The molecule has 1 aliphatic rings. The highest BCUT2D eigenvalue weighted by atomic mass is 16.5. The molecule has 0 spiro atoms. The minimum atomic E-state index is 0.108. The number of aromatic nitrogens is 2. The smallest absolute Gasteiger partial charge is 0.139 e. The molecule has 1 saturated heterocycles. The zero-order chi connectivity index (χ0) is 16.4. The number of para-hydroxylation sites is 2. The normalized spacial score (nSPS) is 17.5. The first-order valence-corrected chi connectivity index (χ1v) is 8.57. The summed E-state index contributed by atoms with van der Waals surface area (Å²) in [4.78, 5) is 4.81. The van der Waals surface area contributed by atoms with E-state index in [1.165, 1.54) is 5.56 Å². The Bertz CT molecular complexity index is 817. The Kier molecular flexibility index (Phi) is 4.22. The van der Waals surface area contributed by atoms with E-state index < -0.39 is 0 Å². The van der Waals surface area contributed by atoms with Gasteiger partial charge >= 0.3 is 0 Å². The Labute approximate surface area is 142 Å². The molecule has 0 bridgehead atoms. The van der Waals surface area contributed by atoms with E-state index in [4.69, 9.17) is 14.5 Å². The first kappa shape index (κ1) is 15.2. The summed E-state index contributed by atoms with van der Waals surface area (Å²) in [6.07, 6.45) is 2.26. The van der Waals surface area contributed by atoms with Gasteiger partial charge in [-0.3, -0.25) is 0 Å². The third-order valence-corrected chi connectivity index (χ3v) is 4.51. The molecule has 3 aromatic rings. The number of imidazole rings is 1. The minimum absolute atomic E-state index is 0.108. The summed E-state index contributed by atoms with van der Waals surface area (Å²) < 4.78 is 14.0. The third kappa shape index (κ3) is 3.02. The number of aryl methyl sites for hydroxylation is 1. The van der Waals surface area contributed by atoms with Crippen molar-refractivity contribution in [2.45, 2.75) is 32.4 Å². The summed E-state index contributed by atoms with van der Waals surface area (Å²) in [5.41, 5.74) is 3.41. The van der Waals surface area contributed by atoms with Gasteiger partial charge in [0.05, 0.1) is 17.6 Å².